The van der Waals surface area contributed by atoms with E-state index in [1.165, 1.54) is 19.2 Å². The number of rotatable bonds is 5. The van der Waals surface area contributed by atoms with Gasteiger partial charge in [-0.1, -0.05) is 48.5 Å². The first kappa shape index (κ1) is 19.2. The number of carbonyl (C=O) groups is 2. The number of nitrogens with one attached hydrogen (secondary N) is 2. The van der Waals surface area contributed by atoms with E-state index in [2.05, 4.69) is 10.6 Å². The van der Waals surface area contributed by atoms with Crippen LogP contribution in [0.15, 0.2) is 66.7 Å². The second-order valence-corrected chi connectivity index (χ2v) is 6.13. The normalized spacial score (nSPS) is 12.1. The second-order valence-electron chi connectivity index (χ2n) is 6.13. The summed E-state index contributed by atoms with van der Waals surface area (Å²) in [5, 5.41) is 6.95. The highest BCUT2D eigenvalue weighted by atomic mass is 19.2. The molecule has 0 spiro atoms. The minimum atomic E-state index is -1.15. The fourth-order valence-electron chi connectivity index (χ4n) is 2.89. The van der Waals surface area contributed by atoms with Gasteiger partial charge in [0.05, 0.1) is 0 Å². The minimum absolute atomic E-state index is 0.144. The summed E-state index contributed by atoms with van der Waals surface area (Å²) >= 11 is 0. The van der Waals surface area contributed by atoms with Crippen LogP contribution in [0.1, 0.15) is 17.2 Å². The van der Waals surface area contributed by atoms with Crippen molar-refractivity contribution in [2.24, 2.45) is 0 Å². The van der Waals surface area contributed by atoms with Crippen molar-refractivity contribution in [3.63, 3.8) is 0 Å². The Morgan fingerprint density at radius 3 is 2.46 bits per heavy atom. The van der Waals surface area contributed by atoms with Crippen molar-refractivity contribution in [3.05, 3.63) is 89.5 Å². The van der Waals surface area contributed by atoms with Crippen LogP contribution in [-0.4, -0.2) is 18.9 Å². The lowest BCUT2D eigenvalue weighted by Crippen LogP contribution is -2.38. The van der Waals surface area contributed by atoms with Crippen LogP contribution in [-0.2, 0) is 9.59 Å². The third-order valence-corrected chi connectivity index (χ3v) is 4.31. The maximum absolute atomic E-state index is 13.5. The van der Waals surface area contributed by atoms with Crippen LogP contribution >= 0.6 is 0 Å². The molecule has 3 rings (SSSR count). The molecule has 2 N–H and O–H groups in total. The average molecular weight is 380 g/mol. The fourth-order valence-corrected chi connectivity index (χ4v) is 2.89. The highest BCUT2D eigenvalue weighted by Gasteiger charge is 2.22. The van der Waals surface area contributed by atoms with E-state index in [4.69, 9.17) is 0 Å². The molecule has 1 atom stereocenters. The van der Waals surface area contributed by atoms with Gasteiger partial charge < -0.3 is 10.6 Å². The Balaban J connectivity index is 1.82. The molecular weight excluding hydrogens is 362 g/mol. The molecule has 28 heavy (non-hydrogen) atoms. The van der Waals surface area contributed by atoms with E-state index in [1.807, 2.05) is 42.5 Å². The minimum Gasteiger partial charge on any atom is -0.357 e. The lowest BCUT2D eigenvalue weighted by atomic mass is 10.0. The number of fused-ring (bicyclic) bond motifs is 1. The number of carbonyl (C=O) groups excluding carboxylic acids is 2. The zero-order chi connectivity index (χ0) is 20.1. The first-order valence-electron chi connectivity index (χ1n) is 8.62. The van der Waals surface area contributed by atoms with Crippen LogP contribution in [0.5, 0.6) is 0 Å². The first-order chi connectivity index (χ1) is 13.5. The van der Waals surface area contributed by atoms with E-state index in [0.717, 1.165) is 28.5 Å². The number of amides is 2. The molecule has 4 nitrogen and oxygen atoms in total. The van der Waals surface area contributed by atoms with Crippen LogP contribution in [0.3, 0.4) is 0 Å². The Morgan fingerprint density at radius 1 is 0.964 bits per heavy atom. The van der Waals surface area contributed by atoms with Gasteiger partial charge in [0.1, 0.15) is 6.04 Å². The molecule has 0 aromatic heterocycles. The molecule has 0 saturated carbocycles. The summed E-state index contributed by atoms with van der Waals surface area (Å²) in [5.41, 5.74) is 0.989. The molecule has 0 heterocycles. The summed E-state index contributed by atoms with van der Waals surface area (Å²) in [6, 6.07) is 15.4. The summed E-state index contributed by atoms with van der Waals surface area (Å²) in [7, 11) is 1.40. The number of likely N-dealkylation sites (N-methyl/N-ethyl adjacent to an activating group) is 1. The maximum Gasteiger partial charge on any atom is 0.246 e. The summed E-state index contributed by atoms with van der Waals surface area (Å²) in [6.07, 6.45) is 2.95. The van der Waals surface area contributed by atoms with Crippen molar-refractivity contribution >= 4 is 28.7 Å². The summed E-state index contributed by atoms with van der Waals surface area (Å²) in [4.78, 5) is 24.5. The van der Waals surface area contributed by atoms with E-state index in [0.29, 0.717) is 0 Å². The predicted molar refractivity (Wildman–Crippen MR) is 104 cm³/mol. The highest BCUT2D eigenvalue weighted by molar-refractivity contribution is 5.98. The number of hydrogen-bond acceptors (Lipinski definition) is 2. The van der Waals surface area contributed by atoms with Crippen LogP contribution < -0.4 is 10.6 Å². The molecule has 0 aliphatic heterocycles. The van der Waals surface area contributed by atoms with Crippen LogP contribution in [0, 0.1) is 11.6 Å². The summed E-state index contributed by atoms with van der Waals surface area (Å²) < 4.78 is 26.7. The lowest BCUT2D eigenvalue weighted by Gasteiger charge is -2.17. The third-order valence-electron chi connectivity index (χ3n) is 4.31. The Bertz CT molecular complexity index is 1060. The Kier molecular flexibility index (Phi) is 5.79. The molecule has 142 valence electrons. The van der Waals surface area contributed by atoms with Gasteiger partial charge in [-0.15, -0.1) is 0 Å². The van der Waals surface area contributed by atoms with Crippen molar-refractivity contribution in [2.75, 3.05) is 7.05 Å². The second kappa shape index (κ2) is 8.43. The zero-order valence-electron chi connectivity index (χ0n) is 15.1. The quantitative estimate of drug-likeness (QED) is 0.663. The zero-order valence-corrected chi connectivity index (χ0v) is 15.1. The molecule has 0 saturated heterocycles. The molecule has 0 aliphatic rings. The SMILES string of the molecule is CNC(=O)C(NC(=O)C=Cc1cccc2ccccc12)c1ccc(F)c(F)c1. The Labute approximate surface area is 160 Å². The number of benzene rings is 3. The molecule has 0 bridgehead atoms. The monoisotopic (exact) mass is 380 g/mol. The molecule has 3 aromatic rings. The van der Waals surface area contributed by atoms with E-state index in [9.17, 15) is 18.4 Å². The van der Waals surface area contributed by atoms with Crippen molar-refractivity contribution < 1.29 is 18.4 Å². The molecule has 0 radical (unpaired) electrons. The van der Waals surface area contributed by atoms with Gasteiger partial charge in [-0.25, -0.2) is 8.78 Å². The van der Waals surface area contributed by atoms with Gasteiger partial charge in [-0.05, 0) is 40.1 Å². The van der Waals surface area contributed by atoms with Gasteiger partial charge in [0, 0.05) is 13.1 Å². The highest BCUT2D eigenvalue weighted by Crippen LogP contribution is 2.20. The van der Waals surface area contributed by atoms with Gasteiger partial charge >= 0.3 is 0 Å². The molecule has 0 fully saturated rings. The molecule has 2 amide bonds. The molecule has 0 aliphatic carbocycles. The molecule has 3 aromatic carbocycles. The molecule has 6 heteroatoms. The summed E-state index contributed by atoms with van der Waals surface area (Å²) in [6.45, 7) is 0. The first-order valence-corrected chi connectivity index (χ1v) is 8.62. The predicted octanol–water partition coefficient (Wildman–Crippen LogP) is 3.73. The number of halogens is 2. The van der Waals surface area contributed by atoms with E-state index in [1.54, 1.807) is 6.08 Å². The largest absolute Gasteiger partial charge is 0.357 e. The van der Waals surface area contributed by atoms with Crippen LogP contribution in [0.2, 0.25) is 0 Å². The Hall–Kier alpha value is -3.54. The van der Waals surface area contributed by atoms with E-state index >= 15 is 0 Å². The fraction of sp³-hybridized carbons (Fsp3) is 0.0909. The maximum atomic E-state index is 13.5. The van der Waals surface area contributed by atoms with E-state index in [-0.39, 0.29) is 5.56 Å². The van der Waals surface area contributed by atoms with Gasteiger partial charge in [0.2, 0.25) is 11.8 Å². The van der Waals surface area contributed by atoms with E-state index < -0.39 is 29.5 Å². The van der Waals surface area contributed by atoms with Crippen LogP contribution in [0.4, 0.5) is 8.78 Å². The van der Waals surface area contributed by atoms with Crippen LogP contribution in [0.25, 0.3) is 16.8 Å². The topological polar surface area (TPSA) is 58.2 Å². The Morgan fingerprint density at radius 2 is 1.71 bits per heavy atom. The summed E-state index contributed by atoms with van der Waals surface area (Å²) in [5.74, 6) is -3.20. The third kappa shape index (κ3) is 4.23. The van der Waals surface area contributed by atoms with Crippen molar-refractivity contribution in [2.45, 2.75) is 6.04 Å². The number of hydrogen-bond donors (Lipinski definition) is 2. The van der Waals surface area contributed by atoms with Crippen molar-refractivity contribution in [1.29, 1.82) is 0 Å². The van der Waals surface area contributed by atoms with Gasteiger partial charge in [0.15, 0.2) is 11.6 Å². The lowest BCUT2D eigenvalue weighted by molar-refractivity contribution is -0.126. The van der Waals surface area contributed by atoms with Crippen molar-refractivity contribution in [1.82, 2.24) is 10.6 Å². The van der Waals surface area contributed by atoms with Gasteiger partial charge in [0.25, 0.3) is 0 Å². The molecule has 1 unspecified atom stereocenters. The standard InChI is InChI=1S/C22H18F2N2O2/c1-25-22(28)21(16-9-11-18(23)19(24)13-16)26-20(27)12-10-15-7-4-6-14-5-2-3-8-17(14)15/h2-13,21H,1H3,(H,25,28)(H,26,27). The molecular formula is C22H18F2N2O2. The van der Waals surface area contributed by atoms with Gasteiger partial charge in [-0.2, -0.15) is 0 Å². The van der Waals surface area contributed by atoms with Gasteiger partial charge in [-0.3, -0.25) is 9.59 Å². The average Bonchev–Trinajstić information content (AvgIpc) is 2.72. The smallest absolute Gasteiger partial charge is 0.246 e. The van der Waals surface area contributed by atoms with Crippen molar-refractivity contribution in [3.8, 4) is 0 Å².